The van der Waals surface area contributed by atoms with Crippen LogP contribution in [0.2, 0.25) is 0 Å². The maximum atomic E-state index is 10.4. The van der Waals surface area contributed by atoms with E-state index in [0.29, 0.717) is 0 Å². The van der Waals surface area contributed by atoms with E-state index in [1.807, 2.05) is 24.3 Å². The average Bonchev–Trinajstić information content (AvgIpc) is 2.68. The Balaban J connectivity index is 1.76. The SMILES string of the molecule is OCc1ccccc1-c1ccc(OC(O)C2(O)C(O)C(O)C2CO)cc1. The molecule has 1 aliphatic rings. The molecule has 26 heavy (non-hydrogen) atoms. The largest absolute Gasteiger partial charge is 0.462 e. The molecule has 0 bridgehead atoms. The van der Waals surface area contributed by atoms with Crippen molar-refractivity contribution in [2.45, 2.75) is 30.7 Å². The number of rotatable bonds is 6. The molecule has 0 amide bonds. The first-order valence-corrected chi connectivity index (χ1v) is 8.26. The smallest absolute Gasteiger partial charge is 0.229 e. The molecule has 3 rings (SSSR count). The van der Waals surface area contributed by atoms with Crippen LogP contribution in [-0.2, 0) is 6.61 Å². The molecule has 0 aromatic heterocycles. The molecule has 0 saturated heterocycles. The third-order valence-electron chi connectivity index (χ3n) is 5.00. The minimum Gasteiger partial charge on any atom is -0.462 e. The fraction of sp³-hybridized carbons (Fsp3) is 0.368. The van der Waals surface area contributed by atoms with Gasteiger partial charge in [0.15, 0.2) is 5.60 Å². The predicted octanol–water partition coefficient (Wildman–Crippen LogP) is -0.382. The Morgan fingerprint density at radius 1 is 1.00 bits per heavy atom. The number of aliphatic hydroxyl groups is 6. The van der Waals surface area contributed by atoms with Crippen LogP contribution < -0.4 is 4.74 Å². The summed E-state index contributed by atoms with van der Waals surface area (Å²) >= 11 is 0. The second kappa shape index (κ2) is 7.32. The number of ether oxygens (including phenoxy) is 1. The van der Waals surface area contributed by atoms with Crippen LogP contribution in [-0.4, -0.2) is 61.3 Å². The molecule has 2 aromatic rings. The maximum absolute atomic E-state index is 10.4. The number of hydrogen-bond donors (Lipinski definition) is 6. The summed E-state index contributed by atoms with van der Waals surface area (Å²) in [5, 5.41) is 58.5. The second-order valence-electron chi connectivity index (χ2n) is 6.42. The van der Waals surface area contributed by atoms with E-state index < -0.39 is 36.6 Å². The van der Waals surface area contributed by atoms with Crippen LogP contribution in [0.25, 0.3) is 11.1 Å². The number of aliphatic hydroxyl groups excluding tert-OH is 5. The third-order valence-corrected chi connectivity index (χ3v) is 5.00. The Morgan fingerprint density at radius 2 is 1.65 bits per heavy atom. The van der Waals surface area contributed by atoms with Crippen LogP contribution in [0.15, 0.2) is 48.5 Å². The van der Waals surface area contributed by atoms with Gasteiger partial charge in [0, 0.05) is 5.92 Å². The van der Waals surface area contributed by atoms with E-state index in [0.717, 1.165) is 16.7 Å². The Morgan fingerprint density at radius 3 is 2.27 bits per heavy atom. The normalized spacial score (nSPS) is 29.1. The van der Waals surface area contributed by atoms with Gasteiger partial charge in [-0.05, 0) is 28.8 Å². The van der Waals surface area contributed by atoms with E-state index in [2.05, 4.69) is 0 Å². The summed E-state index contributed by atoms with van der Waals surface area (Å²) in [5.74, 6) is -0.871. The Kier molecular flexibility index (Phi) is 5.29. The molecular formula is C19H22O7. The van der Waals surface area contributed by atoms with Crippen LogP contribution >= 0.6 is 0 Å². The van der Waals surface area contributed by atoms with Crippen LogP contribution in [0, 0.1) is 5.92 Å². The summed E-state index contributed by atoms with van der Waals surface area (Å²) in [4.78, 5) is 0. The van der Waals surface area contributed by atoms with Gasteiger partial charge in [-0.2, -0.15) is 0 Å². The van der Waals surface area contributed by atoms with E-state index in [1.165, 1.54) is 0 Å². The summed E-state index contributed by atoms with van der Waals surface area (Å²) in [6, 6.07) is 14.0. The summed E-state index contributed by atoms with van der Waals surface area (Å²) < 4.78 is 5.29. The first-order chi connectivity index (χ1) is 12.4. The van der Waals surface area contributed by atoms with Crippen molar-refractivity contribution in [2.75, 3.05) is 6.61 Å². The fourth-order valence-electron chi connectivity index (χ4n) is 3.33. The molecule has 1 aliphatic carbocycles. The van der Waals surface area contributed by atoms with Gasteiger partial charge in [0.05, 0.1) is 19.3 Å². The lowest BCUT2D eigenvalue weighted by Gasteiger charge is -2.53. The zero-order valence-corrected chi connectivity index (χ0v) is 13.9. The highest BCUT2D eigenvalue weighted by Gasteiger charge is 2.65. The zero-order chi connectivity index (χ0) is 18.9. The van der Waals surface area contributed by atoms with Gasteiger partial charge in [-0.1, -0.05) is 36.4 Å². The predicted molar refractivity (Wildman–Crippen MR) is 92.0 cm³/mol. The van der Waals surface area contributed by atoms with Gasteiger partial charge in [0.25, 0.3) is 0 Å². The van der Waals surface area contributed by atoms with Crippen molar-refractivity contribution >= 4 is 0 Å². The van der Waals surface area contributed by atoms with Gasteiger partial charge in [0.1, 0.15) is 11.9 Å². The highest BCUT2D eigenvalue weighted by molar-refractivity contribution is 5.67. The highest BCUT2D eigenvalue weighted by atomic mass is 16.6. The summed E-state index contributed by atoms with van der Waals surface area (Å²) in [6.07, 6.45) is -4.78. The lowest BCUT2D eigenvalue weighted by Crippen LogP contribution is -2.76. The minimum atomic E-state index is -2.16. The molecule has 7 nitrogen and oxygen atoms in total. The molecular weight excluding hydrogens is 340 g/mol. The number of hydrogen-bond acceptors (Lipinski definition) is 7. The molecule has 6 N–H and O–H groups in total. The van der Waals surface area contributed by atoms with Crippen molar-refractivity contribution in [3.63, 3.8) is 0 Å². The molecule has 0 radical (unpaired) electrons. The van der Waals surface area contributed by atoms with Gasteiger partial charge in [0.2, 0.25) is 6.29 Å². The van der Waals surface area contributed by atoms with Crippen molar-refractivity contribution in [1.29, 1.82) is 0 Å². The molecule has 0 heterocycles. The van der Waals surface area contributed by atoms with Crippen molar-refractivity contribution in [3.05, 3.63) is 54.1 Å². The van der Waals surface area contributed by atoms with E-state index >= 15 is 0 Å². The molecule has 5 unspecified atom stereocenters. The second-order valence-corrected chi connectivity index (χ2v) is 6.42. The molecule has 1 fully saturated rings. The van der Waals surface area contributed by atoms with Crippen molar-refractivity contribution < 1.29 is 35.4 Å². The maximum Gasteiger partial charge on any atom is 0.229 e. The number of benzene rings is 2. The van der Waals surface area contributed by atoms with Crippen LogP contribution in [0.4, 0.5) is 0 Å². The highest BCUT2D eigenvalue weighted by Crippen LogP contribution is 2.42. The molecule has 5 atom stereocenters. The van der Waals surface area contributed by atoms with Crippen molar-refractivity contribution in [3.8, 4) is 16.9 Å². The first kappa shape index (κ1) is 18.8. The van der Waals surface area contributed by atoms with E-state index in [4.69, 9.17) is 4.74 Å². The standard InChI is InChI=1S/C19H22O7/c20-9-12-3-1-2-4-14(12)11-5-7-13(8-6-11)26-18(24)19(25)15(10-21)16(22)17(19)23/h1-8,15-18,20-25H,9-10H2. The van der Waals surface area contributed by atoms with Crippen LogP contribution in [0.1, 0.15) is 5.56 Å². The molecule has 0 spiro atoms. The fourth-order valence-corrected chi connectivity index (χ4v) is 3.33. The van der Waals surface area contributed by atoms with Gasteiger partial charge in [-0.15, -0.1) is 0 Å². The molecule has 0 aliphatic heterocycles. The Bertz CT molecular complexity index is 748. The van der Waals surface area contributed by atoms with Crippen molar-refractivity contribution in [2.24, 2.45) is 5.92 Å². The summed E-state index contributed by atoms with van der Waals surface area (Å²) in [7, 11) is 0. The molecule has 1 saturated carbocycles. The van der Waals surface area contributed by atoms with Gasteiger partial charge in [-0.3, -0.25) is 0 Å². The van der Waals surface area contributed by atoms with Gasteiger partial charge in [-0.25, -0.2) is 0 Å². The quantitative estimate of drug-likeness (QED) is 0.386. The first-order valence-electron chi connectivity index (χ1n) is 8.26. The van der Waals surface area contributed by atoms with Crippen LogP contribution in [0.5, 0.6) is 5.75 Å². The molecule has 140 valence electrons. The monoisotopic (exact) mass is 362 g/mol. The minimum absolute atomic E-state index is 0.0943. The lowest BCUT2D eigenvalue weighted by atomic mass is 9.64. The Hall–Kier alpha value is -2.00. The lowest BCUT2D eigenvalue weighted by molar-refractivity contribution is -0.332. The van der Waals surface area contributed by atoms with Crippen LogP contribution in [0.3, 0.4) is 0 Å². The van der Waals surface area contributed by atoms with E-state index in [-0.39, 0.29) is 12.4 Å². The van der Waals surface area contributed by atoms with Gasteiger partial charge < -0.3 is 35.4 Å². The summed E-state index contributed by atoms with van der Waals surface area (Å²) in [5.41, 5.74) is 0.310. The topological polar surface area (TPSA) is 131 Å². The van der Waals surface area contributed by atoms with Gasteiger partial charge >= 0.3 is 0 Å². The summed E-state index contributed by atoms with van der Waals surface area (Å²) in [6.45, 7) is -0.699. The molecule has 7 heteroatoms. The third kappa shape index (κ3) is 2.99. The van der Waals surface area contributed by atoms with E-state index in [9.17, 15) is 30.6 Å². The van der Waals surface area contributed by atoms with E-state index in [1.54, 1.807) is 24.3 Å². The molecule has 2 aromatic carbocycles. The average molecular weight is 362 g/mol. The zero-order valence-electron chi connectivity index (χ0n) is 13.9. The Labute approximate surface area is 150 Å². The van der Waals surface area contributed by atoms with Crippen molar-refractivity contribution in [1.82, 2.24) is 0 Å².